The van der Waals surface area contributed by atoms with E-state index in [4.69, 9.17) is 5.26 Å². The summed E-state index contributed by atoms with van der Waals surface area (Å²) in [6.45, 7) is 11.3. The van der Waals surface area contributed by atoms with Crippen molar-refractivity contribution in [2.45, 2.75) is 46.1 Å². The summed E-state index contributed by atoms with van der Waals surface area (Å²) in [5.74, 6) is 0.291. The maximum Gasteiger partial charge on any atom is 0.279 e. The molecule has 2 aromatic rings. The number of rotatable bonds is 6. The Morgan fingerprint density at radius 2 is 1.74 bits per heavy atom. The number of benzene rings is 2. The first-order chi connectivity index (χ1) is 12.7. The summed E-state index contributed by atoms with van der Waals surface area (Å²) in [6, 6.07) is 18.1. The van der Waals surface area contributed by atoms with Crippen molar-refractivity contribution in [2.75, 3.05) is 11.9 Å². The largest absolute Gasteiger partial charge is 0.332 e. The van der Waals surface area contributed by atoms with Crippen LogP contribution in [0, 0.1) is 17.2 Å². The van der Waals surface area contributed by atoms with Crippen molar-refractivity contribution >= 4 is 11.6 Å². The molecule has 0 unspecified atom stereocenters. The number of nitriles is 1. The third kappa shape index (κ3) is 5.67. The highest BCUT2D eigenvalue weighted by Crippen LogP contribution is 2.25. The summed E-state index contributed by atoms with van der Waals surface area (Å²) in [7, 11) is 0. The summed E-state index contributed by atoms with van der Waals surface area (Å²) in [6.07, 6.45) is 0. The Hall–Kier alpha value is -2.64. The third-order valence-electron chi connectivity index (χ3n) is 4.76. The third-order valence-corrected chi connectivity index (χ3v) is 4.76. The average molecular weight is 365 g/mol. The van der Waals surface area contributed by atoms with Gasteiger partial charge in [0.2, 0.25) is 0 Å². The Bertz CT molecular complexity index is 811. The molecule has 0 aromatic heterocycles. The van der Waals surface area contributed by atoms with E-state index < -0.39 is 0 Å². The highest BCUT2D eigenvalue weighted by atomic mass is 16.1. The number of quaternary nitrogens is 1. The molecule has 1 atom stereocenters. The first-order valence-electron chi connectivity index (χ1n) is 9.45. The minimum Gasteiger partial charge on any atom is -0.332 e. The lowest BCUT2D eigenvalue weighted by atomic mass is 9.85. The molecular formula is C23H30N3O+. The summed E-state index contributed by atoms with van der Waals surface area (Å²) in [5.41, 5.74) is 3.70. The predicted octanol–water partition coefficient (Wildman–Crippen LogP) is 3.75. The second-order valence-electron chi connectivity index (χ2n) is 8.29. The standard InChI is InChI=1S/C23H29N3O/c1-16(2)22(17-10-12-19(13-11-17)23(3,4)5)25-15-21(27)26-20-9-7-6-8-18(20)14-24/h6-13,16,22,25H,15H2,1-5H3,(H,26,27)/p+1/t22-/m0/s1. The normalized spacial score (nSPS) is 12.5. The molecule has 2 rings (SSSR count). The molecule has 0 aliphatic carbocycles. The fourth-order valence-electron chi connectivity index (χ4n) is 3.12. The van der Waals surface area contributed by atoms with Crippen molar-refractivity contribution in [3.05, 3.63) is 65.2 Å². The van der Waals surface area contributed by atoms with Gasteiger partial charge < -0.3 is 10.6 Å². The van der Waals surface area contributed by atoms with E-state index in [0.717, 1.165) is 0 Å². The SMILES string of the molecule is CC(C)[C@H]([NH2+]CC(=O)Nc1ccccc1C#N)c1ccc(C(C)(C)C)cc1. The van der Waals surface area contributed by atoms with Crippen molar-refractivity contribution in [1.29, 1.82) is 5.26 Å². The Kier molecular flexibility index (Phi) is 6.76. The van der Waals surface area contributed by atoms with Crippen LogP contribution in [0.5, 0.6) is 0 Å². The highest BCUT2D eigenvalue weighted by Gasteiger charge is 2.22. The van der Waals surface area contributed by atoms with Gasteiger partial charge in [0.15, 0.2) is 6.54 Å². The van der Waals surface area contributed by atoms with E-state index in [0.29, 0.717) is 23.7 Å². The van der Waals surface area contributed by atoms with Crippen LogP contribution < -0.4 is 10.6 Å². The molecule has 0 aliphatic heterocycles. The van der Waals surface area contributed by atoms with Gasteiger partial charge in [0.1, 0.15) is 12.1 Å². The smallest absolute Gasteiger partial charge is 0.279 e. The molecule has 0 radical (unpaired) electrons. The fourth-order valence-corrected chi connectivity index (χ4v) is 3.12. The number of nitrogens with two attached hydrogens (primary N) is 1. The topological polar surface area (TPSA) is 69.5 Å². The zero-order valence-electron chi connectivity index (χ0n) is 16.9. The monoisotopic (exact) mass is 364 g/mol. The van der Waals surface area contributed by atoms with Gasteiger partial charge in [-0.25, -0.2) is 0 Å². The van der Waals surface area contributed by atoms with E-state index in [1.807, 2.05) is 6.07 Å². The molecule has 0 saturated carbocycles. The second-order valence-corrected chi connectivity index (χ2v) is 8.29. The van der Waals surface area contributed by atoms with Crippen LogP contribution in [0.15, 0.2) is 48.5 Å². The Morgan fingerprint density at radius 3 is 2.30 bits per heavy atom. The quantitative estimate of drug-likeness (QED) is 0.819. The first-order valence-corrected chi connectivity index (χ1v) is 9.45. The van der Waals surface area contributed by atoms with Crippen LogP contribution in [0.3, 0.4) is 0 Å². The van der Waals surface area contributed by atoms with Crippen LogP contribution in [0.4, 0.5) is 5.69 Å². The molecule has 4 nitrogen and oxygen atoms in total. The van der Waals surface area contributed by atoms with E-state index in [2.05, 4.69) is 75.6 Å². The van der Waals surface area contributed by atoms with Gasteiger partial charge in [-0.15, -0.1) is 0 Å². The van der Waals surface area contributed by atoms with Gasteiger partial charge >= 0.3 is 0 Å². The van der Waals surface area contributed by atoms with Gasteiger partial charge in [0, 0.05) is 11.5 Å². The van der Waals surface area contributed by atoms with Gasteiger partial charge in [-0.3, -0.25) is 4.79 Å². The van der Waals surface area contributed by atoms with Gasteiger partial charge in [0.05, 0.1) is 11.3 Å². The van der Waals surface area contributed by atoms with Gasteiger partial charge in [-0.1, -0.05) is 71.0 Å². The average Bonchev–Trinajstić information content (AvgIpc) is 2.61. The van der Waals surface area contributed by atoms with Gasteiger partial charge in [0.25, 0.3) is 5.91 Å². The molecule has 0 saturated heterocycles. The molecule has 2 aromatic carbocycles. The molecule has 0 aliphatic rings. The maximum absolute atomic E-state index is 12.4. The van der Waals surface area contributed by atoms with Crippen LogP contribution in [0.25, 0.3) is 0 Å². The number of para-hydroxylation sites is 1. The Balaban J connectivity index is 2.04. The summed E-state index contributed by atoms with van der Waals surface area (Å²) >= 11 is 0. The molecule has 0 spiro atoms. The number of nitrogens with one attached hydrogen (secondary N) is 1. The number of carbonyl (C=O) groups is 1. The number of amides is 1. The molecule has 0 heterocycles. The lowest BCUT2D eigenvalue weighted by Gasteiger charge is -2.22. The Morgan fingerprint density at radius 1 is 1.11 bits per heavy atom. The zero-order chi connectivity index (χ0) is 20.0. The molecule has 1 amide bonds. The van der Waals surface area contributed by atoms with Crippen molar-refractivity contribution in [3.63, 3.8) is 0 Å². The van der Waals surface area contributed by atoms with Crippen LogP contribution in [0.1, 0.15) is 57.4 Å². The van der Waals surface area contributed by atoms with Crippen molar-refractivity contribution in [1.82, 2.24) is 0 Å². The van der Waals surface area contributed by atoms with Crippen molar-refractivity contribution in [2.24, 2.45) is 5.92 Å². The molecular weight excluding hydrogens is 334 g/mol. The zero-order valence-corrected chi connectivity index (χ0v) is 16.9. The molecule has 0 fully saturated rings. The van der Waals surface area contributed by atoms with Crippen LogP contribution >= 0.6 is 0 Å². The highest BCUT2D eigenvalue weighted by molar-refractivity contribution is 5.92. The minimum atomic E-state index is -0.102. The van der Waals surface area contributed by atoms with Crippen molar-refractivity contribution < 1.29 is 10.1 Å². The van der Waals surface area contributed by atoms with E-state index in [9.17, 15) is 4.79 Å². The minimum absolute atomic E-state index is 0.102. The molecule has 4 heteroatoms. The number of hydrogen-bond acceptors (Lipinski definition) is 2. The lowest BCUT2D eigenvalue weighted by Crippen LogP contribution is -2.88. The van der Waals surface area contributed by atoms with Crippen LogP contribution in [-0.4, -0.2) is 12.5 Å². The van der Waals surface area contributed by atoms with E-state index in [1.165, 1.54) is 11.1 Å². The first kappa shape index (κ1) is 20.7. The predicted molar refractivity (Wildman–Crippen MR) is 109 cm³/mol. The van der Waals surface area contributed by atoms with E-state index in [1.54, 1.807) is 18.2 Å². The molecule has 142 valence electrons. The summed E-state index contributed by atoms with van der Waals surface area (Å²) in [5, 5.41) is 14.1. The summed E-state index contributed by atoms with van der Waals surface area (Å²) in [4.78, 5) is 12.4. The van der Waals surface area contributed by atoms with Gasteiger partial charge in [-0.05, 0) is 23.1 Å². The lowest BCUT2D eigenvalue weighted by molar-refractivity contribution is -0.692. The molecule has 0 bridgehead atoms. The van der Waals surface area contributed by atoms with E-state index >= 15 is 0 Å². The number of carbonyl (C=O) groups excluding carboxylic acids is 1. The maximum atomic E-state index is 12.4. The van der Waals surface area contributed by atoms with Crippen molar-refractivity contribution in [3.8, 4) is 6.07 Å². The summed E-state index contributed by atoms with van der Waals surface area (Å²) < 4.78 is 0. The van der Waals surface area contributed by atoms with Crippen LogP contribution in [-0.2, 0) is 10.2 Å². The number of hydrogen-bond donors (Lipinski definition) is 2. The Labute approximate surface area is 162 Å². The number of anilines is 1. The molecule has 3 N–H and O–H groups in total. The molecule has 27 heavy (non-hydrogen) atoms. The second kappa shape index (κ2) is 8.83. The number of nitrogens with zero attached hydrogens (tertiary/aromatic N) is 1. The van der Waals surface area contributed by atoms with E-state index in [-0.39, 0.29) is 17.4 Å². The van der Waals surface area contributed by atoms with Gasteiger partial charge in [-0.2, -0.15) is 5.26 Å². The fraction of sp³-hybridized carbons (Fsp3) is 0.391. The van der Waals surface area contributed by atoms with Crippen LogP contribution in [0.2, 0.25) is 0 Å².